The monoisotopic (exact) mass is 318 g/mol. The number of hydrogen-bond donors (Lipinski definition) is 2. The summed E-state index contributed by atoms with van der Waals surface area (Å²) in [6.45, 7) is 4.68. The average molecular weight is 318 g/mol. The van der Waals surface area contributed by atoms with Crippen LogP contribution in [0.15, 0.2) is 11.6 Å². The Morgan fingerprint density at radius 1 is 1.13 bits per heavy atom. The quantitative estimate of drug-likeness (QED) is 0.718. The summed E-state index contributed by atoms with van der Waals surface area (Å²) in [7, 11) is 0. The minimum Gasteiger partial charge on any atom is -0.481 e. The van der Waals surface area contributed by atoms with Crippen LogP contribution in [-0.4, -0.2) is 22.3 Å². The highest BCUT2D eigenvalue weighted by Gasteiger charge is 2.59. The number of carbonyl (C=O) groups is 1. The van der Waals surface area contributed by atoms with Gasteiger partial charge in [-0.15, -0.1) is 0 Å². The molecule has 4 rings (SSSR count). The van der Waals surface area contributed by atoms with Crippen LogP contribution in [-0.2, 0) is 4.79 Å². The summed E-state index contributed by atoms with van der Waals surface area (Å²) in [6, 6.07) is 0. The highest BCUT2D eigenvalue weighted by molar-refractivity contribution is 5.71. The van der Waals surface area contributed by atoms with E-state index >= 15 is 0 Å². The molecule has 3 heteroatoms. The molecule has 2 N–H and O–H groups in total. The van der Waals surface area contributed by atoms with E-state index in [4.69, 9.17) is 0 Å². The fourth-order valence-electron chi connectivity index (χ4n) is 7.05. The maximum absolute atomic E-state index is 11.7. The SMILES string of the molecule is C[C@]12CC[C@H](O)CC1=CC[C@@H]1[C@@H]2CC[C@]2(C)C(C(=O)O)CC[C@@H]12. The Morgan fingerprint density at radius 2 is 1.91 bits per heavy atom. The molecule has 7 atom stereocenters. The Balaban J connectivity index is 1.66. The summed E-state index contributed by atoms with van der Waals surface area (Å²) in [5.41, 5.74) is 1.75. The van der Waals surface area contributed by atoms with Crippen molar-refractivity contribution in [2.75, 3.05) is 0 Å². The van der Waals surface area contributed by atoms with Crippen molar-refractivity contribution < 1.29 is 15.0 Å². The van der Waals surface area contributed by atoms with E-state index in [1.807, 2.05) is 0 Å². The van der Waals surface area contributed by atoms with Gasteiger partial charge in [0.1, 0.15) is 0 Å². The molecular weight excluding hydrogens is 288 g/mol. The Bertz CT molecular complexity index is 553. The van der Waals surface area contributed by atoms with Gasteiger partial charge in [0, 0.05) is 0 Å². The van der Waals surface area contributed by atoms with Crippen LogP contribution in [0, 0.1) is 34.5 Å². The van der Waals surface area contributed by atoms with Gasteiger partial charge in [0.05, 0.1) is 12.0 Å². The van der Waals surface area contributed by atoms with E-state index in [-0.39, 0.29) is 22.9 Å². The van der Waals surface area contributed by atoms with E-state index in [2.05, 4.69) is 19.9 Å². The second-order valence-corrected chi connectivity index (χ2v) is 9.17. The molecule has 3 fully saturated rings. The molecule has 0 aromatic heterocycles. The molecule has 0 radical (unpaired) electrons. The molecule has 0 aromatic rings. The van der Waals surface area contributed by atoms with Crippen molar-refractivity contribution in [3.8, 4) is 0 Å². The third-order valence-corrected chi connectivity index (χ3v) is 8.38. The molecule has 0 saturated heterocycles. The van der Waals surface area contributed by atoms with Crippen LogP contribution in [0.4, 0.5) is 0 Å². The second-order valence-electron chi connectivity index (χ2n) is 9.17. The largest absolute Gasteiger partial charge is 0.481 e. The number of aliphatic hydroxyl groups excluding tert-OH is 1. The van der Waals surface area contributed by atoms with E-state index in [1.165, 1.54) is 12.0 Å². The lowest BCUT2D eigenvalue weighted by atomic mass is 9.47. The van der Waals surface area contributed by atoms with Gasteiger partial charge in [0.25, 0.3) is 0 Å². The standard InChI is InChI=1S/C20H30O3/c1-19-9-7-13(21)11-12(19)3-4-14-15-5-6-17(18(22)23)20(15,2)10-8-16(14)19/h3,13-17,21H,4-11H2,1-2H3,(H,22,23)/t13-,14-,15-,16-,17?,19-,20-/m0/s1. The summed E-state index contributed by atoms with van der Waals surface area (Å²) in [5, 5.41) is 19.7. The zero-order chi connectivity index (χ0) is 16.4. The van der Waals surface area contributed by atoms with Crippen LogP contribution in [0.5, 0.6) is 0 Å². The van der Waals surface area contributed by atoms with Crippen molar-refractivity contribution in [2.24, 2.45) is 34.5 Å². The minimum absolute atomic E-state index is 0.00286. The van der Waals surface area contributed by atoms with Gasteiger partial charge in [-0.1, -0.05) is 25.5 Å². The molecule has 3 saturated carbocycles. The van der Waals surface area contributed by atoms with Crippen molar-refractivity contribution in [3.05, 3.63) is 11.6 Å². The third kappa shape index (κ3) is 2.08. The highest BCUT2D eigenvalue weighted by Crippen LogP contribution is 2.66. The van der Waals surface area contributed by atoms with Crippen LogP contribution in [0.2, 0.25) is 0 Å². The lowest BCUT2D eigenvalue weighted by Gasteiger charge is -2.57. The molecule has 4 aliphatic carbocycles. The number of fused-ring (bicyclic) bond motifs is 5. The number of hydrogen-bond acceptors (Lipinski definition) is 2. The molecule has 1 unspecified atom stereocenters. The summed E-state index contributed by atoms with van der Waals surface area (Å²) in [5.74, 6) is 1.21. The van der Waals surface area contributed by atoms with Crippen molar-refractivity contribution >= 4 is 5.97 Å². The first-order chi connectivity index (χ1) is 10.9. The van der Waals surface area contributed by atoms with Crippen molar-refractivity contribution in [1.82, 2.24) is 0 Å². The van der Waals surface area contributed by atoms with Gasteiger partial charge >= 0.3 is 5.97 Å². The summed E-state index contributed by atoms with van der Waals surface area (Å²) < 4.78 is 0. The van der Waals surface area contributed by atoms with Crippen LogP contribution in [0.25, 0.3) is 0 Å². The van der Waals surface area contributed by atoms with E-state index < -0.39 is 5.97 Å². The number of allylic oxidation sites excluding steroid dienone is 1. The van der Waals surface area contributed by atoms with Crippen LogP contribution in [0.1, 0.15) is 65.2 Å². The third-order valence-electron chi connectivity index (χ3n) is 8.38. The fourth-order valence-corrected chi connectivity index (χ4v) is 7.05. The first kappa shape index (κ1) is 15.7. The Labute approximate surface area is 139 Å². The topological polar surface area (TPSA) is 57.5 Å². The fraction of sp³-hybridized carbons (Fsp3) is 0.850. The van der Waals surface area contributed by atoms with Gasteiger partial charge in [-0.05, 0) is 80.0 Å². The predicted molar refractivity (Wildman–Crippen MR) is 88.8 cm³/mol. The predicted octanol–water partition coefficient (Wildman–Crippen LogP) is 4.01. The van der Waals surface area contributed by atoms with Crippen molar-refractivity contribution in [3.63, 3.8) is 0 Å². The first-order valence-electron chi connectivity index (χ1n) is 9.46. The molecule has 0 spiro atoms. The molecular formula is C20H30O3. The lowest BCUT2D eigenvalue weighted by molar-refractivity contribution is -0.148. The summed E-state index contributed by atoms with van der Waals surface area (Å²) >= 11 is 0. The minimum atomic E-state index is -0.576. The number of rotatable bonds is 1. The van der Waals surface area contributed by atoms with Gasteiger partial charge in [0.2, 0.25) is 0 Å². The smallest absolute Gasteiger partial charge is 0.307 e. The number of aliphatic carboxylic acids is 1. The molecule has 0 heterocycles. The molecule has 0 aliphatic heterocycles. The van der Waals surface area contributed by atoms with E-state index in [1.54, 1.807) is 0 Å². The van der Waals surface area contributed by atoms with Crippen molar-refractivity contribution in [1.29, 1.82) is 0 Å². The Kier molecular flexibility index (Phi) is 3.46. The summed E-state index contributed by atoms with van der Waals surface area (Å²) in [4.78, 5) is 11.7. The van der Waals surface area contributed by atoms with Crippen LogP contribution in [0.3, 0.4) is 0 Å². The molecule has 0 amide bonds. The van der Waals surface area contributed by atoms with Gasteiger partial charge in [-0.25, -0.2) is 0 Å². The van der Waals surface area contributed by atoms with E-state index in [9.17, 15) is 15.0 Å². The Hall–Kier alpha value is -0.830. The van der Waals surface area contributed by atoms with Gasteiger partial charge < -0.3 is 10.2 Å². The van der Waals surface area contributed by atoms with Gasteiger partial charge in [-0.2, -0.15) is 0 Å². The molecule has 128 valence electrons. The first-order valence-corrected chi connectivity index (χ1v) is 9.46. The molecule has 23 heavy (non-hydrogen) atoms. The molecule has 3 nitrogen and oxygen atoms in total. The van der Waals surface area contributed by atoms with Gasteiger partial charge in [-0.3, -0.25) is 4.79 Å². The molecule has 0 bridgehead atoms. The van der Waals surface area contributed by atoms with E-state index in [0.717, 1.165) is 44.9 Å². The lowest BCUT2D eigenvalue weighted by Crippen LogP contribution is -2.51. The van der Waals surface area contributed by atoms with E-state index in [0.29, 0.717) is 17.8 Å². The average Bonchev–Trinajstić information content (AvgIpc) is 2.85. The van der Waals surface area contributed by atoms with Crippen LogP contribution >= 0.6 is 0 Å². The molecule has 0 aromatic carbocycles. The maximum atomic E-state index is 11.7. The van der Waals surface area contributed by atoms with Crippen molar-refractivity contribution in [2.45, 2.75) is 71.3 Å². The van der Waals surface area contributed by atoms with Gasteiger partial charge in [0.15, 0.2) is 0 Å². The summed E-state index contributed by atoms with van der Waals surface area (Å²) in [6.07, 6.45) is 10.5. The Morgan fingerprint density at radius 3 is 2.65 bits per heavy atom. The number of aliphatic hydroxyl groups is 1. The number of carboxylic acids is 1. The molecule has 4 aliphatic rings. The zero-order valence-electron chi connectivity index (χ0n) is 14.4. The maximum Gasteiger partial charge on any atom is 0.307 e. The highest BCUT2D eigenvalue weighted by atomic mass is 16.4. The number of carboxylic acid groups (broad SMARTS) is 1. The zero-order valence-corrected chi connectivity index (χ0v) is 14.4. The van der Waals surface area contributed by atoms with Crippen LogP contribution < -0.4 is 0 Å². The normalized spacial score (nSPS) is 52.1. The second kappa shape index (κ2) is 5.08.